The first-order chi connectivity index (χ1) is 6.42. The first-order valence-corrected chi connectivity index (χ1v) is 4.64. The maximum Gasteiger partial charge on any atom is 0.217 e. The molecule has 0 aromatic carbocycles. The predicted octanol–water partition coefficient (Wildman–Crippen LogP) is 1.76. The van der Waals surface area contributed by atoms with Crippen molar-refractivity contribution in [1.82, 2.24) is 10.3 Å². The van der Waals surface area contributed by atoms with Gasteiger partial charge >= 0.3 is 0 Å². The van der Waals surface area contributed by atoms with Gasteiger partial charge in [-0.05, 0) is 32.4 Å². The molecule has 0 aliphatic heterocycles. The highest BCUT2D eigenvalue weighted by molar-refractivity contribution is 5.74. The van der Waals surface area contributed by atoms with E-state index in [2.05, 4.69) is 10.3 Å². The summed E-state index contributed by atoms with van der Waals surface area (Å²) in [6, 6.07) is 3.93. The number of carbonyl (C=O) groups is 1. The van der Waals surface area contributed by atoms with Gasteiger partial charge in [0.1, 0.15) is 0 Å². The molecule has 3 heteroatoms. The molecular weight excluding hydrogens is 176 g/mol. The Morgan fingerprint density at radius 2 is 2.07 bits per heavy atom. The summed E-state index contributed by atoms with van der Waals surface area (Å²) in [5, 5.41) is 2.88. The number of amides is 1. The molecule has 0 bridgehead atoms. The van der Waals surface area contributed by atoms with E-state index in [1.807, 2.05) is 32.9 Å². The van der Waals surface area contributed by atoms with Gasteiger partial charge in [0.25, 0.3) is 0 Å². The summed E-state index contributed by atoms with van der Waals surface area (Å²) in [6.45, 7) is 7.38. The quantitative estimate of drug-likeness (QED) is 0.775. The van der Waals surface area contributed by atoms with E-state index in [1.54, 1.807) is 6.20 Å². The lowest BCUT2D eigenvalue weighted by molar-refractivity contribution is -0.120. The summed E-state index contributed by atoms with van der Waals surface area (Å²) in [5.41, 5.74) is 1.64. The van der Waals surface area contributed by atoms with Gasteiger partial charge in [-0.1, -0.05) is 6.07 Å². The summed E-state index contributed by atoms with van der Waals surface area (Å²) in [6.07, 6.45) is 1.80. The van der Waals surface area contributed by atoms with Crippen LogP contribution in [-0.4, -0.2) is 10.9 Å². The van der Waals surface area contributed by atoms with E-state index in [-0.39, 0.29) is 11.4 Å². The topological polar surface area (TPSA) is 42.0 Å². The van der Waals surface area contributed by atoms with Gasteiger partial charge < -0.3 is 5.32 Å². The van der Waals surface area contributed by atoms with E-state index < -0.39 is 0 Å². The molecule has 0 spiro atoms. The van der Waals surface area contributed by atoms with Gasteiger partial charge in [-0.2, -0.15) is 0 Å². The van der Waals surface area contributed by atoms with Crippen molar-refractivity contribution in [2.45, 2.75) is 33.2 Å². The Hall–Kier alpha value is -1.38. The molecule has 3 nitrogen and oxygen atoms in total. The van der Waals surface area contributed by atoms with Crippen molar-refractivity contribution in [3.05, 3.63) is 29.6 Å². The van der Waals surface area contributed by atoms with Crippen LogP contribution in [0.25, 0.3) is 0 Å². The third-order valence-corrected chi connectivity index (χ3v) is 2.12. The first kappa shape index (κ1) is 10.7. The molecule has 0 aliphatic carbocycles. The number of hydrogen-bond acceptors (Lipinski definition) is 2. The van der Waals surface area contributed by atoms with Crippen LogP contribution in [0.1, 0.15) is 32.0 Å². The van der Waals surface area contributed by atoms with Crippen LogP contribution >= 0.6 is 0 Å². The normalized spacial score (nSPS) is 11.1. The lowest BCUT2D eigenvalue weighted by Gasteiger charge is -2.25. The highest BCUT2D eigenvalue weighted by Gasteiger charge is 2.21. The minimum atomic E-state index is -0.355. The van der Waals surface area contributed by atoms with E-state index in [9.17, 15) is 4.79 Å². The fourth-order valence-electron chi connectivity index (χ4n) is 1.35. The van der Waals surface area contributed by atoms with Crippen LogP contribution < -0.4 is 5.32 Å². The van der Waals surface area contributed by atoms with Gasteiger partial charge in [-0.15, -0.1) is 0 Å². The van der Waals surface area contributed by atoms with E-state index in [1.165, 1.54) is 6.92 Å². The highest BCUT2D eigenvalue weighted by atomic mass is 16.1. The average Bonchev–Trinajstić information content (AvgIpc) is 2.02. The van der Waals surface area contributed by atoms with Crippen molar-refractivity contribution in [2.24, 2.45) is 0 Å². The third-order valence-electron chi connectivity index (χ3n) is 2.12. The molecule has 1 heterocycles. The zero-order chi connectivity index (χ0) is 10.8. The number of aryl methyl sites for hydroxylation is 1. The van der Waals surface area contributed by atoms with Gasteiger partial charge in [0.05, 0.1) is 5.54 Å². The minimum Gasteiger partial charge on any atom is -0.347 e. The van der Waals surface area contributed by atoms with Gasteiger partial charge in [0, 0.05) is 18.8 Å². The highest BCUT2D eigenvalue weighted by Crippen LogP contribution is 2.18. The Bertz CT molecular complexity index is 328. The number of hydrogen-bond donors (Lipinski definition) is 1. The van der Waals surface area contributed by atoms with Crippen LogP contribution in [0, 0.1) is 6.92 Å². The Balaban J connectivity index is 2.91. The van der Waals surface area contributed by atoms with Gasteiger partial charge in [0.15, 0.2) is 0 Å². The minimum absolute atomic E-state index is 0.0319. The van der Waals surface area contributed by atoms with Crippen LogP contribution in [0.2, 0.25) is 0 Å². The summed E-state index contributed by atoms with van der Waals surface area (Å²) >= 11 is 0. The smallest absolute Gasteiger partial charge is 0.217 e. The van der Waals surface area contributed by atoms with Crippen molar-refractivity contribution in [2.75, 3.05) is 0 Å². The monoisotopic (exact) mass is 192 g/mol. The van der Waals surface area contributed by atoms with E-state index in [0.717, 1.165) is 11.3 Å². The molecular formula is C11H16N2O. The summed E-state index contributed by atoms with van der Waals surface area (Å²) in [5.74, 6) is -0.0319. The SMILES string of the molecule is CC(=O)NC(C)(C)c1ccc(C)nc1. The van der Waals surface area contributed by atoms with E-state index in [4.69, 9.17) is 0 Å². The summed E-state index contributed by atoms with van der Waals surface area (Å²) < 4.78 is 0. The molecule has 0 fully saturated rings. The molecule has 0 atom stereocenters. The van der Waals surface area contributed by atoms with Crippen molar-refractivity contribution >= 4 is 5.91 Å². The van der Waals surface area contributed by atoms with Crippen molar-refractivity contribution < 1.29 is 4.79 Å². The molecule has 1 N–H and O–H groups in total. The van der Waals surface area contributed by atoms with Crippen LogP contribution in [-0.2, 0) is 10.3 Å². The molecule has 0 unspecified atom stereocenters. The van der Waals surface area contributed by atoms with Crippen molar-refractivity contribution in [3.63, 3.8) is 0 Å². The molecule has 0 aliphatic rings. The molecule has 1 amide bonds. The van der Waals surface area contributed by atoms with Crippen LogP contribution in [0.4, 0.5) is 0 Å². The molecule has 1 rings (SSSR count). The van der Waals surface area contributed by atoms with Crippen molar-refractivity contribution in [3.8, 4) is 0 Å². The number of nitrogens with one attached hydrogen (secondary N) is 1. The summed E-state index contributed by atoms with van der Waals surface area (Å²) in [7, 11) is 0. The Kier molecular flexibility index (Phi) is 2.89. The molecule has 14 heavy (non-hydrogen) atoms. The number of pyridine rings is 1. The standard InChI is InChI=1S/C11H16N2O/c1-8-5-6-10(7-12-8)11(3,4)13-9(2)14/h5-7H,1-4H3,(H,13,14). The number of carbonyl (C=O) groups excluding carboxylic acids is 1. The number of nitrogens with zero attached hydrogens (tertiary/aromatic N) is 1. The number of rotatable bonds is 2. The third kappa shape index (κ3) is 2.55. The second kappa shape index (κ2) is 3.78. The first-order valence-electron chi connectivity index (χ1n) is 4.64. The second-order valence-corrected chi connectivity index (χ2v) is 3.99. The zero-order valence-corrected chi connectivity index (χ0v) is 9.09. The Morgan fingerprint density at radius 3 is 2.50 bits per heavy atom. The lowest BCUT2D eigenvalue weighted by Crippen LogP contribution is -2.39. The second-order valence-electron chi connectivity index (χ2n) is 3.99. The van der Waals surface area contributed by atoms with Crippen LogP contribution in [0.3, 0.4) is 0 Å². The molecule has 1 aromatic rings. The molecule has 0 saturated carbocycles. The van der Waals surface area contributed by atoms with Gasteiger partial charge in [-0.3, -0.25) is 9.78 Å². The van der Waals surface area contributed by atoms with Crippen LogP contribution in [0.5, 0.6) is 0 Å². The largest absolute Gasteiger partial charge is 0.347 e. The molecule has 76 valence electrons. The van der Waals surface area contributed by atoms with E-state index in [0.29, 0.717) is 0 Å². The fourth-order valence-corrected chi connectivity index (χ4v) is 1.35. The van der Waals surface area contributed by atoms with Gasteiger partial charge in [0.2, 0.25) is 5.91 Å². The van der Waals surface area contributed by atoms with Crippen LogP contribution in [0.15, 0.2) is 18.3 Å². The zero-order valence-electron chi connectivity index (χ0n) is 9.09. The maximum absolute atomic E-state index is 11.0. The van der Waals surface area contributed by atoms with Gasteiger partial charge in [-0.25, -0.2) is 0 Å². The van der Waals surface area contributed by atoms with Crippen molar-refractivity contribution in [1.29, 1.82) is 0 Å². The van der Waals surface area contributed by atoms with E-state index >= 15 is 0 Å². The average molecular weight is 192 g/mol. The molecule has 0 radical (unpaired) electrons. The Morgan fingerprint density at radius 1 is 1.43 bits per heavy atom. The molecule has 0 saturated heterocycles. The molecule has 1 aromatic heterocycles. The maximum atomic E-state index is 11.0. The number of aromatic nitrogens is 1. The predicted molar refractivity (Wildman–Crippen MR) is 55.8 cm³/mol. The fraction of sp³-hybridized carbons (Fsp3) is 0.455. The Labute approximate surface area is 84.6 Å². The summed E-state index contributed by atoms with van der Waals surface area (Å²) in [4.78, 5) is 15.2. The lowest BCUT2D eigenvalue weighted by atomic mass is 9.96.